The molecule has 2 aromatic rings. The predicted octanol–water partition coefficient (Wildman–Crippen LogP) is 4.48. The number of hydrogen-bond acceptors (Lipinski definition) is 3. The summed E-state index contributed by atoms with van der Waals surface area (Å²) >= 11 is 9.51. The number of nitrogens with one attached hydrogen (secondary N) is 1. The van der Waals surface area contributed by atoms with Crippen molar-refractivity contribution in [1.82, 2.24) is 10.2 Å². The highest BCUT2D eigenvalue weighted by molar-refractivity contribution is 9.10. The van der Waals surface area contributed by atoms with E-state index in [9.17, 15) is 0 Å². The average molecular weight is 410 g/mol. The third-order valence-corrected chi connectivity index (χ3v) is 5.15. The Morgan fingerprint density at radius 1 is 1.25 bits per heavy atom. The molecule has 0 amide bonds. The first kappa shape index (κ1) is 17.7. The smallest absolute Gasteiger partial charge is 0.124 e. The molecule has 0 saturated carbocycles. The van der Waals surface area contributed by atoms with Gasteiger partial charge in [0.1, 0.15) is 12.4 Å². The van der Waals surface area contributed by atoms with Gasteiger partial charge >= 0.3 is 0 Å². The van der Waals surface area contributed by atoms with Crippen LogP contribution in [0.1, 0.15) is 17.5 Å². The highest BCUT2D eigenvalue weighted by Crippen LogP contribution is 2.27. The normalized spacial score (nSPS) is 18.0. The summed E-state index contributed by atoms with van der Waals surface area (Å²) in [5, 5.41) is 4.11. The summed E-state index contributed by atoms with van der Waals surface area (Å²) in [6, 6.07) is 14.6. The molecule has 1 heterocycles. The maximum atomic E-state index is 6.08. The SMILES string of the molecule is CNC1CCN(Cc2cc(Br)ccc2OCc2ccc(Cl)cc2)C1. The number of halogens is 2. The van der Waals surface area contributed by atoms with Gasteiger partial charge in [0, 0.05) is 40.7 Å². The van der Waals surface area contributed by atoms with Gasteiger partial charge in [-0.15, -0.1) is 0 Å². The zero-order valence-electron chi connectivity index (χ0n) is 13.8. The molecule has 1 unspecified atom stereocenters. The highest BCUT2D eigenvalue weighted by Gasteiger charge is 2.21. The molecule has 0 radical (unpaired) electrons. The number of nitrogens with zero attached hydrogens (tertiary/aromatic N) is 1. The van der Waals surface area contributed by atoms with Crippen LogP contribution in [0.2, 0.25) is 5.02 Å². The number of likely N-dealkylation sites (tertiary alicyclic amines) is 1. The van der Waals surface area contributed by atoms with Gasteiger partial charge < -0.3 is 10.1 Å². The number of benzene rings is 2. The van der Waals surface area contributed by atoms with Gasteiger partial charge in [-0.3, -0.25) is 4.90 Å². The van der Waals surface area contributed by atoms with E-state index in [1.807, 2.05) is 43.4 Å². The van der Waals surface area contributed by atoms with E-state index in [0.29, 0.717) is 12.6 Å². The van der Waals surface area contributed by atoms with Crippen molar-refractivity contribution < 1.29 is 4.74 Å². The molecule has 5 heteroatoms. The monoisotopic (exact) mass is 408 g/mol. The second kappa shape index (κ2) is 8.34. The summed E-state index contributed by atoms with van der Waals surface area (Å²) < 4.78 is 7.16. The molecular weight excluding hydrogens is 388 g/mol. The van der Waals surface area contributed by atoms with Crippen LogP contribution in [-0.4, -0.2) is 31.1 Å². The Morgan fingerprint density at radius 3 is 2.75 bits per heavy atom. The molecule has 128 valence electrons. The van der Waals surface area contributed by atoms with Gasteiger partial charge in [-0.05, 0) is 49.4 Å². The molecule has 1 N–H and O–H groups in total. The molecule has 3 nitrogen and oxygen atoms in total. The van der Waals surface area contributed by atoms with Gasteiger partial charge in [-0.2, -0.15) is 0 Å². The van der Waals surface area contributed by atoms with E-state index < -0.39 is 0 Å². The molecule has 1 fully saturated rings. The van der Waals surface area contributed by atoms with Crippen LogP contribution in [-0.2, 0) is 13.2 Å². The Morgan fingerprint density at radius 2 is 2.04 bits per heavy atom. The Kier molecular flexibility index (Phi) is 6.17. The van der Waals surface area contributed by atoms with Crippen molar-refractivity contribution in [3.63, 3.8) is 0 Å². The lowest BCUT2D eigenvalue weighted by molar-refractivity contribution is 0.283. The van der Waals surface area contributed by atoms with Crippen molar-refractivity contribution in [3.8, 4) is 5.75 Å². The van der Waals surface area contributed by atoms with Crippen molar-refractivity contribution in [2.45, 2.75) is 25.6 Å². The summed E-state index contributed by atoms with van der Waals surface area (Å²) in [5.74, 6) is 0.945. The third-order valence-electron chi connectivity index (χ3n) is 4.40. The second-order valence-corrected chi connectivity index (χ2v) is 7.53. The van der Waals surface area contributed by atoms with E-state index in [4.69, 9.17) is 16.3 Å². The van der Waals surface area contributed by atoms with Crippen LogP contribution < -0.4 is 10.1 Å². The largest absolute Gasteiger partial charge is 0.489 e. The van der Waals surface area contributed by atoms with Crippen LogP contribution in [0.3, 0.4) is 0 Å². The molecule has 3 rings (SSSR count). The first-order valence-corrected chi connectivity index (χ1v) is 9.36. The lowest BCUT2D eigenvalue weighted by Gasteiger charge is -2.19. The Labute approximate surface area is 157 Å². The van der Waals surface area contributed by atoms with Crippen molar-refractivity contribution in [2.24, 2.45) is 0 Å². The Bertz CT molecular complexity index is 678. The van der Waals surface area contributed by atoms with Gasteiger partial charge in [0.05, 0.1) is 0 Å². The standard InChI is InChI=1S/C19H22BrClN2O/c1-22-18-8-9-23(12-18)11-15-10-16(20)4-7-19(15)24-13-14-2-5-17(21)6-3-14/h2-7,10,18,22H,8-9,11-13H2,1H3. The maximum Gasteiger partial charge on any atom is 0.124 e. The van der Waals surface area contributed by atoms with Crippen LogP contribution in [0.5, 0.6) is 5.75 Å². The van der Waals surface area contributed by atoms with E-state index in [2.05, 4.69) is 32.2 Å². The lowest BCUT2D eigenvalue weighted by Crippen LogP contribution is -2.29. The molecule has 1 saturated heterocycles. The predicted molar refractivity (Wildman–Crippen MR) is 103 cm³/mol. The molecule has 0 aromatic heterocycles. The Balaban J connectivity index is 1.67. The summed E-state index contributed by atoms with van der Waals surface area (Å²) in [6.45, 7) is 3.66. The number of hydrogen-bond donors (Lipinski definition) is 1. The molecule has 1 atom stereocenters. The van der Waals surface area contributed by atoms with E-state index >= 15 is 0 Å². The summed E-state index contributed by atoms with van der Waals surface area (Å²) in [5.41, 5.74) is 2.33. The third kappa shape index (κ3) is 4.73. The van der Waals surface area contributed by atoms with Crippen LogP contribution in [0.15, 0.2) is 46.9 Å². The Hall–Kier alpha value is -1.07. The number of ether oxygens (including phenoxy) is 1. The molecule has 0 aliphatic carbocycles. The van der Waals surface area contributed by atoms with Gasteiger partial charge in [-0.1, -0.05) is 39.7 Å². The summed E-state index contributed by atoms with van der Waals surface area (Å²) in [7, 11) is 2.04. The lowest BCUT2D eigenvalue weighted by atomic mass is 10.2. The summed E-state index contributed by atoms with van der Waals surface area (Å²) in [4.78, 5) is 2.47. The molecule has 0 spiro atoms. The van der Waals surface area contributed by atoms with E-state index in [1.54, 1.807) is 0 Å². The fourth-order valence-electron chi connectivity index (χ4n) is 3.01. The second-order valence-electron chi connectivity index (χ2n) is 6.18. The highest BCUT2D eigenvalue weighted by atomic mass is 79.9. The van der Waals surface area contributed by atoms with Crippen molar-refractivity contribution in [3.05, 3.63) is 63.1 Å². The topological polar surface area (TPSA) is 24.5 Å². The molecule has 1 aliphatic heterocycles. The zero-order valence-corrected chi connectivity index (χ0v) is 16.1. The molecule has 0 bridgehead atoms. The fraction of sp³-hybridized carbons (Fsp3) is 0.368. The maximum absolute atomic E-state index is 6.08. The molecule has 24 heavy (non-hydrogen) atoms. The van der Waals surface area contributed by atoms with Gasteiger partial charge in [-0.25, -0.2) is 0 Å². The van der Waals surface area contributed by atoms with E-state index in [0.717, 1.165) is 40.4 Å². The fourth-order valence-corrected chi connectivity index (χ4v) is 3.54. The zero-order chi connectivity index (χ0) is 16.9. The first-order chi connectivity index (χ1) is 11.6. The molecular formula is C19H22BrClN2O. The van der Waals surface area contributed by atoms with Gasteiger partial charge in [0.2, 0.25) is 0 Å². The molecule has 1 aliphatic rings. The average Bonchev–Trinajstić information content (AvgIpc) is 3.03. The quantitative estimate of drug-likeness (QED) is 0.761. The van der Waals surface area contributed by atoms with Crippen molar-refractivity contribution >= 4 is 27.5 Å². The van der Waals surface area contributed by atoms with Crippen molar-refractivity contribution in [2.75, 3.05) is 20.1 Å². The van der Waals surface area contributed by atoms with Crippen LogP contribution in [0, 0.1) is 0 Å². The molecule has 2 aromatic carbocycles. The van der Waals surface area contributed by atoms with Crippen LogP contribution in [0.25, 0.3) is 0 Å². The van der Waals surface area contributed by atoms with E-state index in [1.165, 1.54) is 12.0 Å². The first-order valence-electron chi connectivity index (χ1n) is 8.19. The van der Waals surface area contributed by atoms with Gasteiger partial charge in [0.15, 0.2) is 0 Å². The van der Waals surface area contributed by atoms with Crippen LogP contribution in [0.4, 0.5) is 0 Å². The summed E-state index contributed by atoms with van der Waals surface area (Å²) in [6.07, 6.45) is 1.20. The number of likely N-dealkylation sites (N-methyl/N-ethyl adjacent to an activating group) is 1. The minimum atomic E-state index is 0.547. The van der Waals surface area contributed by atoms with E-state index in [-0.39, 0.29) is 0 Å². The minimum Gasteiger partial charge on any atom is -0.489 e. The van der Waals surface area contributed by atoms with Gasteiger partial charge in [0.25, 0.3) is 0 Å². The van der Waals surface area contributed by atoms with Crippen LogP contribution >= 0.6 is 27.5 Å². The number of rotatable bonds is 6. The van der Waals surface area contributed by atoms with Crippen molar-refractivity contribution in [1.29, 1.82) is 0 Å². The minimum absolute atomic E-state index is 0.547.